The number of nitriles is 1. The van der Waals surface area contributed by atoms with Crippen LogP contribution in [-0.4, -0.2) is 29.5 Å². The second kappa shape index (κ2) is 9.13. The van der Waals surface area contributed by atoms with Crippen LogP contribution in [0.25, 0.3) is 10.2 Å². The van der Waals surface area contributed by atoms with Crippen molar-refractivity contribution in [2.45, 2.75) is 31.5 Å². The fourth-order valence-corrected chi connectivity index (χ4v) is 4.60. The number of benzene rings is 1. The number of aromatic nitrogens is 2. The summed E-state index contributed by atoms with van der Waals surface area (Å²) >= 11 is 2.83. The highest BCUT2D eigenvalue weighted by atomic mass is 32.2. The lowest BCUT2D eigenvalue weighted by molar-refractivity contribution is 0.354. The molecule has 0 aliphatic heterocycles. The van der Waals surface area contributed by atoms with E-state index in [-0.39, 0.29) is 11.3 Å². The van der Waals surface area contributed by atoms with Gasteiger partial charge in [0.1, 0.15) is 4.83 Å². The highest BCUT2D eigenvalue weighted by Gasteiger charge is 2.15. The van der Waals surface area contributed by atoms with E-state index in [0.717, 1.165) is 21.7 Å². The first kappa shape index (κ1) is 20.2. The number of rotatable bonds is 8. The third kappa shape index (κ3) is 4.16. The van der Waals surface area contributed by atoms with Gasteiger partial charge < -0.3 is 9.47 Å². The summed E-state index contributed by atoms with van der Waals surface area (Å²) in [6.45, 7) is 2.54. The molecule has 8 heteroatoms. The van der Waals surface area contributed by atoms with Gasteiger partial charge in [-0.05, 0) is 36.6 Å². The van der Waals surface area contributed by atoms with Gasteiger partial charge in [0, 0.05) is 11.4 Å². The maximum absolute atomic E-state index is 13.1. The summed E-state index contributed by atoms with van der Waals surface area (Å²) in [6, 6.07) is 9.77. The summed E-state index contributed by atoms with van der Waals surface area (Å²) in [5.41, 5.74) is 0.974. The van der Waals surface area contributed by atoms with Crippen molar-refractivity contribution in [1.29, 1.82) is 5.26 Å². The van der Waals surface area contributed by atoms with Crippen LogP contribution in [0.5, 0.6) is 11.5 Å². The SMILES string of the molecule is CCc1cc2c(=O)n(CCc3ccc(OC)c(OC)c3)c(SCC#N)nc2s1. The lowest BCUT2D eigenvalue weighted by Crippen LogP contribution is -2.23. The summed E-state index contributed by atoms with van der Waals surface area (Å²) in [4.78, 5) is 19.6. The topological polar surface area (TPSA) is 77.1 Å². The second-order valence-electron chi connectivity index (χ2n) is 6.02. The summed E-state index contributed by atoms with van der Waals surface area (Å²) in [7, 11) is 3.20. The van der Waals surface area contributed by atoms with E-state index in [0.29, 0.717) is 35.0 Å². The minimum absolute atomic E-state index is 0.0538. The molecule has 0 spiro atoms. The van der Waals surface area contributed by atoms with Crippen LogP contribution < -0.4 is 15.0 Å². The lowest BCUT2D eigenvalue weighted by Gasteiger charge is -2.12. The van der Waals surface area contributed by atoms with Crippen molar-refractivity contribution in [1.82, 2.24) is 9.55 Å². The number of thioether (sulfide) groups is 1. The number of hydrogen-bond acceptors (Lipinski definition) is 7. The van der Waals surface area contributed by atoms with Crippen molar-refractivity contribution in [2.75, 3.05) is 20.0 Å². The second-order valence-corrected chi connectivity index (χ2v) is 8.08. The molecule has 0 saturated carbocycles. The Balaban J connectivity index is 1.95. The highest BCUT2D eigenvalue weighted by Crippen LogP contribution is 2.28. The molecule has 2 heterocycles. The van der Waals surface area contributed by atoms with Crippen LogP contribution in [0, 0.1) is 11.3 Å². The van der Waals surface area contributed by atoms with Gasteiger partial charge in [-0.15, -0.1) is 11.3 Å². The molecular formula is C20H21N3O3S2. The number of fused-ring (bicyclic) bond motifs is 1. The predicted molar refractivity (Wildman–Crippen MR) is 113 cm³/mol. The molecule has 0 atom stereocenters. The normalized spacial score (nSPS) is 10.8. The Labute approximate surface area is 171 Å². The van der Waals surface area contributed by atoms with Crippen LogP contribution in [0.3, 0.4) is 0 Å². The first-order valence-corrected chi connectivity index (χ1v) is 10.6. The summed E-state index contributed by atoms with van der Waals surface area (Å²) in [5, 5.41) is 10.2. The van der Waals surface area contributed by atoms with Gasteiger partial charge in [0.05, 0.1) is 31.4 Å². The highest BCUT2D eigenvalue weighted by molar-refractivity contribution is 7.99. The van der Waals surface area contributed by atoms with Crippen LogP contribution in [0.1, 0.15) is 17.4 Å². The zero-order chi connectivity index (χ0) is 20.1. The maximum Gasteiger partial charge on any atom is 0.262 e. The average molecular weight is 416 g/mol. The Morgan fingerprint density at radius 3 is 2.71 bits per heavy atom. The van der Waals surface area contributed by atoms with Gasteiger partial charge in [-0.1, -0.05) is 24.8 Å². The van der Waals surface area contributed by atoms with Gasteiger partial charge in [-0.25, -0.2) is 4.98 Å². The first-order chi connectivity index (χ1) is 13.6. The summed E-state index contributed by atoms with van der Waals surface area (Å²) < 4.78 is 12.3. The van der Waals surface area contributed by atoms with Crippen LogP contribution >= 0.6 is 23.1 Å². The van der Waals surface area contributed by atoms with Gasteiger partial charge in [0.15, 0.2) is 16.7 Å². The van der Waals surface area contributed by atoms with Gasteiger partial charge in [0.2, 0.25) is 0 Å². The lowest BCUT2D eigenvalue weighted by atomic mass is 10.1. The van der Waals surface area contributed by atoms with E-state index in [1.54, 1.807) is 30.1 Å². The molecule has 146 valence electrons. The quantitative estimate of drug-likeness (QED) is 0.410. The Hall–Kier alpha value is -2.50. The third-order valence-corrected chi connectivity index (χ3v) is 6.37. The monoisotopic (exact) mass is 415 g/mol. The van der Waals surface area contributed by atoms with Crippen molar-refractivity contribution in [3.63, 3.8) is 0 Å². The summed E-state index contributed by atoms with van der Waals surface area (Å²) in [5.74, 6) is 1.58. The minimum Gasteiger partial charge on any atom is -0.493 e. The molecule has 0 bridgehead atoms. The van der Waals surface area contributed by atoms with E-state index in [1.807, 2.05) is 24.3 Å². The molecule has 0 amide bonds. The predicted octanol–water partition coefficient (Wildman–Crippen LogP) is 3.90. The minimum atomic E-state index is -0.0538. The van der Waals surface area contributed by atoms with Gasteiger partial charge in [0.25, 0.3) is 5.56 Å². The Morgan fingerprint density at radius 1 is 1.25 bits per heavy atom. The fourth-order valence-electron chi connectivity index (χ4n) is 2.90. The van der Waals surface area contributed by atoms with Crippen molar-refractivity contribution in [2.24, 2.45) is 0 Å². The molecule has 0 N–H and O–H groups in total. The number of hydrogen-bond donors (Lipinski definition) is 0. The standard InChI is InChI=1S/C20H21N3O3S2/c1-4-14-12-15-18(28-14)22-20(27-10-8-21)23(19(15)24)9-7-13-5-6-16(25-2)17(11-13)26-3/h5-6,11-12H,4,7,9-10H2,1-3H3. The molecule has 3 aromatic rings. The Morgan fingerprint density at radius 2 is 2.04 bits per heavy atom. The van der Waals surface area contributed by atoms with E-state index in [9.17, 15) is 4.79 Å². The Kier molecular flexibility index (Phi) is 6.60. The van der Waals surface area contributed by atoms with Gasteiger partial charge in [-0.2, -0.15) is 5.26 Å². The van der Waals surface area contributed by atoms with Crippen LogP contribution in [-0.2, 0) is 19.4 Å². The molecule has 0 saturated heterocycles. The van der Waals surface area contributed by atoms with E-state index in [2.05, 4.69) is 18.0 Å². The molecule has 6 nitrogen and oxygen atoms in total. The van der Waals surface area contributed by atoms with E-state index >= 15 is 0 Å². The molecular weight excluding hydrogens is 394 g/mol. The molecule has 3 rings (SSSR count). The smallest absolute Gasteiger partial charge is 0.262 e. The molecule has 28 heavy (non-hydrogen) atoms. The molecule has 0 radical (unpaired) electrons. The number of ether oxygens (including phenoxy) is 2. The van der Waals surface area contributed by atoms with Gasteiger partial charge >= 0.3 is 0 Å². The average Bonchev–Trinajstić information content (AvgIpc) is 3.15. The molecule has 0 unspecified atom stereocenters. The molecule has 2 aromatic heterocycles. The molecule has 1 aromatic carbocycles. The van der Waals surface area contributed by atoms with Crippen molar-refractivity contribution in [3.05, 3.63) is 45.1 Å². The Bertz CT molecular complexity index is 1080. The number of thiophene rings is 1. The largest absolute Gasteiger partial charge is 0.493 e. The number of aryl methyl sites for hydroxylation is 2. The summed E-state index contributed by atoms with van der Waals surface area (Å²) in [6.07, 6.45) is 1.51. The maximum atomic E-state index is 13.1. The molecule has 0 fully saturated rings. The van der Waals surface area contributed by atoms with Crippen molar-refractivity contribution in [3.8, 4) is 17.6 Å². The third-order valence-electron chi connectivity index (χ3n) is 4.35. The van der Waals surface area contributed by atoms with Crippen LogP contribution in [0.15, 0.2) is 34.2 Å². The fraction of sp³-hybridized carbons (Fsp3) is 0.350. The first-order valence-electron chi connectivity index (χ1n) is 8.85. The van der Waals surface area contributed by atoms with E-state index in [1.165, 1.54) is 11.8 Å². The molecule has 0 aliphatic carbocycles. The number of methoxy groups -OCH3 is 2. The van der Waals surface area contributed by atoms with Crippen LogP contribution in [0.2, 0.25) is 0 Å². The van der Waals surface area contributed by atoms with E-state index < -0.39 is 0 Å². The van der Waals surface area contributed by atoms with Crippen molar-refractivity contribution >= 4 is 33.3 Å². The van der Waals surface area contributed by atoms with E-state index in [4.69, 9.17) is 14.7 Å². The van der Waals surface area contributed by atoms with Gasteiger partial charge in [-0.3, -0.25) is 9.36 Å². The number of nitrogens with zero attached hydrogens (tertiary/aromatic N) is 3. The van der Waals surface area contributed by atoms with Crippen LogP contribution in [0.4, 0.5) is 0 Å². The van der Waals surface area contributed by atoms with Crippen molar-refractivity contribution < 1.29 is 9.47 Å². The zero-order valence-electron chi connectivity index (χ0n) is 16.0. The molecule has 0 aliphatic rings. The zero-order valence-corrected chi connectivity index (χ0v) is 17.7.